The molecule has 0 bridgehead atoms. The number of nitrogens with one attached hydrogen (secondary N) is 1. The first-order valence-corrected chi connectivity index (χ1v) is 8.05. The Morgan fingerprint density at radius 2 is 1.88 bits per heavy atom. The third kappa shape index (κ3) is 4.26. The van der Waals surface area contributed by atoms with Gasteiger partial charge in [0.2, 0.25) is 0 Å². The Kier molecular flexibility index (Phi) is 6.21. The summed E-state index contributed by atoms with van der Waals surface area (Å²) in [5.74, 6) is -0.249. The average Bonchev–Trinajstić information content (AvgIpc) is 3.08. The van der Waals surface area contributed by atoms with Gasteiger partial charge in [0, 0.05) is 19.2 Å². The van der Waals surface area contributed by atoms with Gasteiger partial charge in [-0.15, -0.1) is 0 Å². The Bertz CT molecular complexity index is 734. The number of halogens is 1. The van der Waals surface area contributed by atoms with Gasteiger partial charge >= 0.3 is 0 Å². The third-order valence-corrected chi connectivity index (χ3v) is 3.81. The van der Waals surface area contributed by atoms with Gasteiger partial charge < -0.3 is 14.6 Å². The molecule has 1 heterocycles. The van der Waals surface area contributed by atoms with Crippen molar-refractivity contribution in [2.45, 2.75) is 13.8 Å². The molecule has 0 aliphatic carbocycles. The number of carbonyl (C=O) groups excluding carboxylic acids is 2. The first kappa shape index (κ1) is 17.8. The van der Waals surface area contributed by atoms with Gasteiger partial charge in [0.05, 0.1) is 16.8 Å². The standard InChI is InChI=1S/C18H19ClN2O3/c1-3-21(4-2)18(23)16(12-13-8-7-11-24-13)20-17(22)14-9-5-6-10-15(14)19/h5-12H,3-4H2,1-2H3,(H,20,22). The maximum atomic E-state index is 12.7. The smallest absolute Gasteiger partial charge is 0.270 e. The van der Waals surface area contributed by atoms with Crippen LogP contribution in [0.2, 0.25) is 5.02 Å². The molecule has 0 aliphatic heterocycles. The van der Waals surface area contributed by atoms with E-state index in [2.05, 4.69) is 5.32 Å². The topological polar surface area (TPSA) is 62.6 Å². The second-order valence-electron chi connectivity index (χ2n) is 4.98. The molecule has 0 unspecified atom stereocenters. The van der Waals surface area contributed by atoms with E-state index in [1.54, 1.807) is 41.3 Å². The number of hydrogen-bond acceptors (Lipinski definition) is 3. The Morgan fingerprint density at radius 3 is 2.46 bits per heavy atom. The van der Waals surface area contributed by atoms with Crippen LogP contribution in [0.4, 0.5) is 0 Å². The molecule has 0 saturated carbocycles. The number of furan rings is 1. The Labute approximate surface area is 145 Å². The molecule has 2 rings (SSSR count). The van der Waals surface area contributed by atoms with Crippen LogP contribution in [0.3, 0.4) is 0 Å². The fourth-order valence-corrected chi connectivity index (χ4v) is 2.40. The lowest BCUT2D eigenvalue weighted by atomic mass is 10.2. The molecule has 0 atom stereocenters. The zero-order valence-electron chi connectivity index (χ0n) is 13.6. The van der Waals surface area contributed by atoms with Gasteiger partial charge in [0.1, 0.15) is 11.5 Å². The van der Waals surface area contributed by atoms with Gasteiger partial charge in [0.15, 0.2) is 0 Å². The molecule has 126 valence electrons. The molecule has 2 amide bonds. The van der Waals surface area contributed by atoms with E-state index >= 15 is 0 Å². The van der Waals surface area contributed by atoms with Crippen LogP contribution >= 0.6 is 11.6 Å². The summed E-state index contributed by atoms with van der Waals surface area (Å²) in [6.45, 7) is 4.82. The predicted molar refractivity (Wildman–Crippen MR) is 93.5 cm³/mol. The zero-order valence-corrected chi connectivity index (χ0v) is 14.3. The highest BCUT2D eigenvalue weighted by Gasteiger charge is 2.20. The molecule has 0 spiro atoms. The van der Waals surface area contributed by atoms with Crippen molar-refractivity contribution in [3.05, 3.63) is 64.7 Å². The molecule has 6 heteroatoms. The summed E-state index contributed by atoms with van der Waals surface area (Å²) in [4.78, 5) is 26.7. The number of likely N-dealkylation sites (N-methyl/N-ethyl adjacent to an activating group) is 1. The summed E-state index contributed by atoms with van der Waals surface area (Å²) in [6, 6.07) is 10.1. The highest BCUT2D eigenvalue weighted by Crippen LogP contribution is 2.16. The summed E-state index contributed by atoms with van der Waals surface area (Å²) in [7, 11) is 0. The van der Waals surface area contributed by atoms with E-state index in [1.165, 1.54) is 12.3 Å². The molecule has 1 aromatic carbocycles. The molecule has 5 nitrogen and oxygen atoms in total. The van der Waals surface area contributed by atoms with E-state index in [9.17, 15) is 9.59 Å². The number of carbonyl (C=O) groups is 2. The summed E-state index contributed by atoms with van der Waals surface area (Å²) >= 11 is 6.05. The number of nitrogens with zero attached hydrogens (tertiary/aromatic N) is 1. The first-order valence-electron chi connectivity index (χ1n) is 7.67. The van der Waals surface area contributed by atoms with Crippen molar-refractivity contribution in [3.63, 3.8) is 0 Å². The highest BCUT2D eigenvalue weighted by atomic mass is 35.5. The van der Waals surface area contributed by atoms with Crippen molar-refractivity contribution < 1.29 is 14.0 Å². The van der Waals surface area contributed by atoms with Crippen molar-refractivity contribution in [3.8, 4) is 0 Å². The van der Waals surface area contributed by atoms with Crippen LogP contribution in [-0.2, 0) is 4.79 Å². The van der Waals surface area contributed by atoms with Crippen LogP contribution in [0.5, 0.6) is 0 Å². The van der Waals surface area contributed by atoms with Crippen molar-refractivity contribution in [2.75, 3.05) is 13.1 Å². The van der Waals surface area contributed by atoms with Crippen LogP contribution in [0.25, 0.3) is 6.08 Å². The normalized spacial score (nSPS) is 11.2. The summed E-state index contributed by atoms with van der Waals surface area (Å²) in [5.41, 5.74) is 0.440. The van der Waals surface area contributed by atoms with Crippen LogP contribution in [-0.4, -0.2) is 29.8 Å². The van der Waals surface area contributed by atoms with Gasteiger partial charge in [-0.1, -0.05) is 23.7 Å². The lowest BCUT2D eigenvalue weighted by molar-refractivity contribution is -0.127. The van der Waals surface area contributed by atoms with Gasteiger partial charge in [0.25, 0.3) is 11.8 Å². The molecule has 0 radical (unpaired) electrons. The molecule has 1 N–H and O–H groups in total. The average molecular weight is 347 g/mol. The molecular formula is C18H19ClN2O3. The molecule has 0 aliphatic rings. The molecule has 0 saturated heterocycles. The molecule has 0 fully saturated rings. The highest BCUT2D eigenvalue weighted by molar-refractivity contribution is 6.34. The molecule has 1 aromatic heterocycles. The summed E-state index contributed by atoms with van der Waals surface area (Å²) in [5, 5.41) is 2.97. The molecule has 2 aromatic rings. The largest absolute Gasteiger partial charge is 0.465 e. The van der Waals surface area contributed by atoms with Crippen LogP contribution in [0.15, 0.2) is 52.8 Å². The number of amides is 2. The second kappa shape index (κ2) is 8.36. The fourth-order valence-electron chi connectivity index (χ4n) is 2.18. The number of hydrogen-bond donors (Lipinski definition) is 1. The quantitative estimate of drug-likeness (QED) is 0.813. The van der Waals surface area contributed by atoms with E-state index < -0.39 is 5.91 Å². The van der Waals surface area contributed by atoms with E-state index in [1.807, 2.05) is 13.8 Å². The monoisotopic (exact) mass is 346 g/mol. The van der Waals surface area contributed by atoms with E-state index in [0.29, 0.717) is 29.4 Å². The minimum atomic E-state index is -0.445. The zero-order chi connectivity index (χ0) is 17.5. The second-order valence-corrected chi connectivity index (χ2v) is 5.39. The maximum absolute atomic E-state index is 12.7. The van der Waals surface area contributed by atoms with Gasteiger partial charge in [-0.25, -0.2) is 0 Å². The molecule has 24 heavy (non-hydrogen) atoms. The Balaban J connectivity index is 2.31. The molecular weight excluding hydrogens is 328 g/mol. The maximum Gasteiger partial charge on any atom is 0.270 e. The summed E-state index contributed by atoms with van der Waals surface area (Å²) < 4.78 is 5.25. The van der Waals surface area contributed by atoms with Crippen LogP contribution < -0.4 is 5.32 Å². The summed E-state index contributed by atoms with van der Waals surface area (Å²) in [6.07, 6.45) is 3.01. The SMILES string of the molecule is CCN(CC)C(=O)C(=Cc1ccco1)NC(=O)c1ccccc1Cl. The first-order chi connectivity index (χ1) is 11.6. The van der Waals surface area contributed by atoms with Crippen LogP contribution in [0.1, 0.15) is 30.0 Å². The lowest BCUT2D eigenvalue weighted by Crippen LogP contribution is -2.38. The van der Waals surface area contributed by atoms with Crippen LogP contribution in [0, 0.1) is 0 Å². The minimum Gasteiger partial charge on any atom is -0.465 e. The predicted octanol–water partition coefficient (Wildman–Crippen LogP) is 3.57. The van der Waals surface area contributed by atoms with Crippen molar-refractivity contribution >= 4 is 29.5 Å². The fraction of sp³-hybridized carbons (Fsp3) is 0.222. The number of rotatable bonds is 6. The van der Waals surface area contributed by atoms with Crippen molar-refractivity contribution in [2.24, 2.45) is 0 Å². The van der Waals surface area contributed by atoms with E-state index in [-0.39, 0.29) is 11.6 Å². The van der Waals surface area contributed by atoms with Gasteiger partial charge in [-0.3, -0.25) is 9.59 Å². The Hall–Kier alpha value is -2.53. The lowest BCUT2D eigenvalue weighted by Gasteiger charge is -2.20. The minimum absolute atomic E-state index is 0.138. The number of benzene rings is 1. The van der Waals surface area contributed by atoms with Crippen molar-refractivity contribution in [1.82, 2.24) is 10.2 Å². The van der Waals surface area contributed by atoms with E-state index in [0.717, 1.165) is 0 Å². The third-order valence-electron chi connectivity index (χ3n) is 3.48. The van der Waals surface area contributed by atoms with Gasteiger partial charge in [-0.2, -0.15) is 0 Å². The Morgan fingerprint density at radius 1 is 1.17 bits per heavy atom. The van der Waals surface area contributed by atoms with Gasteiger partial charge in [-0.05, 0) is 38.1 Å². The van der Waals surface area contributed by atoms with Crippen molar-refractivity contribution in [1.29, 1.82) is 0 Å². The van der Waals surface area contributed by atoms with E-state index in [4.69, 9.17) is 16.0 Å².